The number of fused-ring (bicyclic) bond motifs is 1. The lowest BCUT2D eigenvalue weighted by molar-refractivity contribution is 0.415. The van der Waals surface area contributed by atoms with Crippen LogP contribution in [0.15, 0.2) is 39.5 Å². The molecule has 1 heterocycles. The lowest BCUT2D eigenvalue weighted by Gasteiger charge is -2.07. The lowest BCUT2D eigenvalue weighted by Crippen LogP contribution is -2.06. The quantitative estimate of drug-likeness (QED) is 0.710. The Morgan fingerprint density at radius 1 is 1.04 bits per heavy atom. The third kappa shape index (κ3) is 3.15. The number of phenols is 1. The first kappa shape index (κ1) is 16.8. The maximum absolute atomic E-state index is 12.3. The van der Waals surface area contributed by atoms with Gasteiger partial charge in [-0.2, -0.15) is 0 Å². The van der Waals surface area contributed by atoms with Crippen molar-refractivity contribution < 1.29 is 14.3 Å². The molecule has 128 valence electrons. The number of aryl methyl sites for hydroxylation is 3. The fraction of sp³-hybridized carbons (Fsp3) is 0.190. The van der Waals surface area contributed by atoms with Gasteiger partial charge in [0.05, 0.1) is 12.7 Å². The van der Waals surface area contributed by atoms with Crippen LogP contribution in [0.3, 0.4) is 0 Å². The van der Waals surface area contributed by atoms with E-state index >= 15 is 0 Å². The van der Waals surface area contributed by atoms with E-state index < -0.39 is 0 Å². The Bertz CT molecular complexity index is 1020. The van der Waals surface area contributed by atoms with E-state index in [1.54, 1.807) is 25.3 Å². The molecule has 25 heavy (non-hydrogen) atoms. The first-order chi connectivity index (χ1) is 11.9. The monoisotopic (exact) mass is 336 g/mol. The van der Waals surface area contributed by atoms with Gasteiger partial charge in [0.2, 0.25) is 0 Å². The maximum atomic E-state index is 12.3. The van der Waals surface area contributed by atoms with Gasteiger partial charge in [0.1, 0.15) is 17.1 Å². The van der Waals surface area contributed by atoms with E-state index in [1.807, 2.05) is 45.0 Å². The van der Waals surface area contributed by atoms with Gasteiger partial charge in [0, 0.05) is 5.39 Å². The van der Waals surface area contributed by atoms with Gasteiger partial charge in [-0.15, -0.1) is 0 Å². The first-order valence-corrected chi connectivity index (χ1v) is 8.00. The van der Waals surface area contributed by atoms with E-state index in [1.165, 1.54) is 0 Å². The molecule has 0 saturated carbocycles. The number of ether oxygens (including phenoxy) is 1. The summed E-state index contributed by atoms with van der Waals surface area (Å²) in [5.74, 6) is 1.01. The highest BCUT2D eigenvalue weighted by Crippen LogP contribution is 2.26. The van der Waals surface area contributed by atoms with Gasteiger partial charge in [-0.05, 0) is 79.4 Å². The highest BCUT2D eigenvalue weighted by molar-refractivity contribution is 5.86. The molecule has 4 heteroatoms. The molecule has 1 aromatic heterocycles. The number of aromatic hydroxyl groups is 1. The molecule has 0 bridgehead atoms. The smallest absolute Gasteiger partial charge is 0.343 e. The summed E-state index contributed by atoms with van der Waals surface area (Å²) in [7, 11) is 1.60. The van der Waals surface area contributed by atoms with Gasteiger partial charge in [0.15, 0.2) is 0 Å². The van der Waals surface area contributed by atoms with Crippen LogP contribution in [0.2, 0.25) is 0 Å². The summed E-state index contributed by atoms with van der Waals surface area (Å²) >= 11 is 0. The van der Waals surface area contributed by atoms with Crippen LogP contribution in [0.4, 0.5) is 0 Å². The summed E-state index contributed by atoms with van der Waals surface area (Å²) in [6.45, 7) is 5.59. The molecule has 1 N–H and O–H groups in total. The number of phenolic OH excluding ortho intramolecular Hbond substituents is 1. The van der Waals surface area contributed by atoms with Crippen molar-refractivity contribution >= 4 is 23.1 Å². The number of methoxy groups -OCH3 is 1. The molecule has 3 aromatic rings. The summed E-state index contributed by atoms with van der Waals surface area (Å²) in [5.41, 5.74) is 4.02. The van der Waals surface area contributed by atoms with E-state index in [4.69, 9.17) is 9.15 Å². The van der Waals surface area contributed by atoms with Crippen molar-refractivity contribution in [3.8, 4) is 11.5 Å². The molecule has 3 rings (SSSR count). The third-order valence-corrected chi connectivity index (χ3v) is 4.37. The number of benzene rings is 2. The highest BCUT2D eigenvalue weighted by Gasteiger charge is 2.10. The van der Waals surface area contributed by atoms with E-state index in [9.17, 15) is 9.90 Å². The predicted molar refractivity (Wildman–Crippen MR) is 100 cm³/mol. The normalized spacial score (nSPS) is 11.4. The van der Waals surface area contributed by atoms with Gasteiger partial charge < -0.3 is 14.3 Å². The minimum Gasteiger partial charge on any atom is -0.507 e. The molecule has 0 aliphatic carbocycles. The summed E-state index contributed by atoms with van der Waals surface area (Å²) in [6.07, 6.45) is 3.61. The van der Waals surface area contributed by atoms with Crippen LogP contribution in [0, 0.1) is 20.8 Å². The number of hydrogen-bond donors (Lipinski definition) is 1. The van der Waals surface area contributed by atoms with Crippen LogP contribution in [0.1, 0.15) is 27.8 Å². The Morgan fingerprint density at radius 3 is 2.36 bits per heavy atom. The Balaban J connectivity index is 2.11. The molecule has 0 atom stereocenters. The average molecular weight is 336 g/mol. The molecule has 2 aromatic carbocycles. The van der Waals surface area contributed by atoms with Crippen molar-refractivity contribution in [2.24, 2.45) is 0 Å². The Labute approximate surface area is 146 Å². The second-order valence-corrected chi connectivity index (χ2v) is 6.13. The van der Waals surface area contributed by atoms with Crippen LogP contribution >= 0.6 is 0 Å². The molecule has 0 aliphatic rings. The maximum Gasteiger partial charge on any atom is 0.343 e. The van der Waals surface area contributed by atoms with Gasteiger partial charge in [-0.1, -0.05) is 6.08 Å². The fourth-order valence-corrected chi connectivity index (χ4v) is 2.93. The minimum atomic E-state index is -0.376. The van der Waals surface area contributed by atoms with Gasteiger partial charge >= 0.3 is 5.63 Å². The second kappa shape index (κ2) is 6.48. The summed E-state index contributed by atoms with van der Waals surface area (Å²) in [6, 6.07) is 9.12. The third-order valence-electron chi connectivity index (χ3n) is 4.37. The van der Waals surface area contributed by atoms with Crippen molar-refractivity contribution in [2.45, 2.75) is 20.8 Å². The molecular weight excluding hydrogens is 316 g/mol. The van der Waals surface area contributed by atoms with E-state index in [-0.39, 0.29) is 5.63 Å². The molecule has 0 amide bonds. The SMILES string of the molecule is COc1ccc2oc(=O)c(/C=C/c3cc(C)c(O)c(C)c3)c(C)c2c1. The topological polar surface area (TPSA) is 59.7 Å². The summed E-state index contributed by atoms with van der Waals surface area (Å²) < 4.78 is 10.7. The Hall–Kier alpha value is -3.01. The zero-order chi connectivity index (χ0) is 18.1. The number of rotatable bonds is 3. The van der Waals surface area contributed by atoms with Crippen LogP contribution in [0.25, 0.3) is 23.1 Å². The second-order valence-electron chi connectivity index (χ2n) is 6.13. The molecule has 0 radical (unpaired) electrons. The van der Waals surface area contributed by atoms with Crippen molar-refractivity contribution in [1.82, 2.24) is 0 Å². The minimum absolute atomic E-state index is 0.297. The van der Waals surface area contributed by atoms with Gasteiger partial charge in [-0.25, -0.2) is 4.79 Å². The Morgan fingerprint density at radius 2 is 1.72 bits per heavy atom. The molecule has 0 saturated heterocycles. The molecule has 4 nitrogen and oxygen atoms in total. The van der Waals surface area contributed by atoms with E-state index in [0.29, 0.717) is 22.6 Å². The standard InChI is InChI=1S/C21H20O4/c1-12-9-15(10-13(2)20(12)22)5-7-17-14(3)18-11-16(24-4)6-8-19(18)25-21(17)23/h5-11,22H,1-4H3/b7-5+. The predicted octanol–water partition coefficient (Wildman–Crippen LogP) is 4.60. The van der Waals surface area contributed by atoms with Crippen LogP contribution < -0.4 is 10.4 Å². The molecular formula is C21H20O4. The van der Waals surface area contributed by atoms with E-state index in [0.717, 1.165) is 27.6 Å². The van der Waals surface area contributed by atoms with Crippen molar-refractivity contribution in [1.29, 1.82) is 0 Å². The van der Waals surface area contributed by atoms with Gasteiger partial charge in [-0.3, -0.25) is 0 Å². The van der Waals surface area contributed by atoms with Crippen LogP contribution in [-0.2, 0) is 0 Å². The average Bonchev–Trinajstić information content (AvgIpc) is 2.59. The van der Waals surface area contributed by atoms with Crippen molar-refractivity contribution in [2.75, 3.05) is 7.11 Å². The fourth-order valence-electron chi connectivity index (χ4n) is 2.93. The van der Waals surface area contributed by atoms with Crippen molar-refractivity contribution in [3.05, 3.63) is 68.6 Å². The van der Waals surface area contributed by atoms with E-state index in [2.05, 4.69) is 0 Å². The highest BCUT2D eigenvalue weighted by atomic mass is 16.5. The summed E-state index contributed by atoms with van der Waals surface area (Å²) in [4.78, 5) is 12.3. The lowest BCUT2D eigenvalue weighted by atomic mass is 10.0. The molecule has 0 spiro atoms. The zero-order valence-corrected chi connectivity index (χ0v) is 14.7. The van der Waals surface area contributed by atoms with Crippen LogP contribution in [0.5, 0.6) is 11.5 Å². The number of hydrogen-bond acceptors (Lipinski definition) is 4. The molecule has 0 unspecified atom stereocenters. The van der Waals surface area contributed by atoms with Crippen molar-refractivity contribution in [3.63, 3.8) is 0 Å². The molecule has 0 fully saturated rings. The first-order valence-electron chi connectivity index (χ1n) is 8.00. The summed E-state index contributed by atoms with van der Waals surface area (Å²) in [5, 5.41) is 10.7. The largest absolute Gasteiger partial charge is 0.507 e. The van der Waals surface area contributed by atoms with Crippen LogP contribution in [-0.4, -0.2) is 12.2 Å². The molecule has 0 aliphatic heterocycles. The zero-order valence-electron chi connectivity index (χ0n) is 14.7. The Kier molecular flexibility index (Phi) is 4.36. The van der Waals surface area contributed by atoms with Gasteiger partial charge in [0.25, 0.3) is 0 Å².